The Bertz CT molecular complexity index is 946. The Balaban J connectivity index is 1.78. The fourth-order valence-corrected chi connectivity index (χ4v) is 3.26. The van der Waals surface area contributed by atoms with E-state index in [0.717, 1.165) is 0 Å². The molecule has 0 aliphatic heterocycles. The van der Waals surface area contributed by atoms with E-state index in [1.807, 2.05) is 7.05 Å². The van der Waals surface area contributed by atoms with Crippen molar-refractivity contribution in [1.29, 1.82) is 0 Å². The summed E-state index contributed by atoms with van der Waals surface area (Å²) in [5.41, 5.74) is 0.427. The van der Waals surface area contributed by atoms with Gasteiger partial charge in [-0.25, -0.2) is 9.78 Å². The van der Waals surface area contributed by atoms with Crippen LogP contribution in [0.15, 0.2) is 41.8 Å². The van der Waals surface area contributed by atoms with Crippen LogP contribution in [0.5, 0.6) is 0 Å². The van der Waals surface area contributed by atoms with Gasteiger partial charge in [-0.1, -0.05) is 23.9 Å². The average Bonchev–Trinajstić information content (AvgIpc) is 3.19. The van der Waals surface area contributed by atoms with Gasteiger partial charge in [0.15, 0.2) is 11.8 Å². The van der Waals surface area contributed by atoms with Gasteiger partial charge in [-0.15, -0.1) is 0 Å². The number of aromatic nitrogens is 2. The van der Waals surface area contributed by atoms with Crippen molar-refractivity contribution in [1.82, 2.24) is 14.9 Å². The lowest BCUT2D eigenvalue weighted by Crippen LogP contribution is -2.30. The van der Waals surface area contributed by atoms with Crippen LogP contribution in [0.25, 0.3) is 0 Å². The second-order valence-electron chi connectivity index (χ2n) is 6.54. The number of aryl methyl sites for hydroxylation is 1. The predicted molar refractivity (Wildman–Crippen MR) is 118 cm³/mol. The van der Waals surface area contributed by atoms with E-state index in [0.29, 0.717) is 18.2 Å². The van der Waals surface area contributed by atoms with Crippen molar-refractivity contribution in [2.75, 3.05) is 30.8 Å². The molecule has 0 saturated carbocycles. The van der Waals surface area contributed by atoms with Gasteiger partial charge in [0.25, 0.3) is 5.91 Å². The fraction of sp³-hybridized carbons (Fsp3) is 0.381. The van der Waals surface area contributed by atoms with Gasteiger partial charge < -0.3 is 24.7 Å². The molecule has 0 atom stereocenters. The van der Waals surface area contributed by atoms with Crippen LogP contribution in [0.1, 0.15) is 30.1 Å². The lowest BCUT2D eigenvalue weighted by molar-refractivity contribution is -0.143. The highest BCUT2D eigenvalue weighted by Crippen LogP contribution is 2.18. The highest BCUT2D eigenvalue weighted by Gasteiger charge is 2.16. The molecule has 10 nitrogen and oxygen atoms in total. The molecule has 1 heterocycles. The third-order valence-corrected chi connectivity index (χ3v) is 5.11. The molecule has 2 aromatic rings. The summed E-state index contributed by atoms with van der Waals surface area (Å²) in [6, 6.07) is 6.38. The van der Waals surface area contributed by atoms with Gasteiger partial charge in [0.1, 0.15) is 0 Å². The smallest absolute Gasteiger partial charge is 0.340 e. The van der Waals surface area contributed by atoms with Gasteiger partial charge in [-0.05, 0) is 25.5 Å². The maximum absolute atomic E-state index is 12.4. The minimum atomic E-state index is -0.737. The van der Waals surface area contributed by atoms with Crippen LogP contribution in [-0.2, 0) is 30.9 Å². The Hall–Kier alpha value is -3.34. The van der Waals surface area contributed by atoms with Crippen molar-refractivity contribution < 1.29 is 28.7 Å². The van der Waals surface area contributed by atoms with Crippen molar-refractivity contribution in [2.24, 2.45) is 7.05 Å². The number of nitrogens with zero attached hydrogens (tertiary/aromatic N) is 2. The molecule has 0 fully saturated rings. The Labute approximate surface area is 190 Å². The lowest BCUT2D eigenvalue weighted by Gasteiger charge is -2.11. The number of carbonyl (C=O) groups is 4. The average molecular weight is 463 g/mol. The number of esters is 2. The summed E-state index contributed by atoms with van der Waals surface area (Å²) < 4.78 is 11.6. The first-order valence-electron chi connectivity index (χ1n) is 9.99. The zero-order chi connectivity index (χ0) is 23.3. The molecule has 1 aromatic heterocycles. The molecule has 0 saturated heterocycles. The zero-order valence-corrected chi connectivity index (χ0v) is 18.8. The molecule has 2 rings (SSSR count). The van der Waals surface area contributed by atoms with E-state index in [4.69, 9.17) is 9.47 Å². The van der Waals surface area contributed by atoms with Crippen LogP contribution in [-0.4, -0.2) is 58.8 Å². The minimum Gasteiger partial charge on any atom is -0.466 e. The van der Waals surface area contributed by atoms with Crippen LogP contribution in [0.4, 0.5) is 5.69 Å². The quantitative estimate of drug-likeness (QED) is 0.277. The van der Waals surface area contributed by atoms with Gasteiger partial charge in [-0.2, -0.15) is 0 Å². The Kier molecular flexibility index (Phi) is 10.2. The number of hydrogen-bond acceptors (Lipinski definition) is 8. The fourth-order valence-electron chi connectivity index (χ4n) is 2.53. The standard InChI is InChI=1S/C21H26N4O6S/c1-3-30-19(28)9-6-10-22-17(26)13-31-20(29)15-7-4-5-8-16(15)24-18(27)14-32-21-23-11-12-25(21)2/h4-5,7-8,11-12H,3,6,9-10,13-14H2,1-2H3,(H,22,26)(H,24,27). The number of para-hydroxylation sites is 1. The molecular formula is C21H26N4O6S. The van der Waals surface area contributed by atoms with E-state index in [9.17, 15) is 19.2 Å². The number of thioether (sulfide) groups is 1. The topological polar surface area (TPSA) is 129 Å². The maximum Gasteiger partial charge on any atom is 0.340 e. The van der Waals surface area contributed by atoms with Gasteiger partial charge >= 0.3 is 11.9 Å². The van der Waals surface area contributed by atoms with Crippen LogP contribution < -0.4 is 10.6 Å². The van der Waals surface area contributed by atoms with E-state index in [1.165, 1.54) is 17.8 Å². The van der Waals surface area contributed by atoms with Crippen LogP contribution >= 0.6 is 11.8 Å². The number of imidazole rings is 1. The molecule has 0 bridgehead atoms. The van der Waals surface area contributed by atoms with Crippen molar-refractivity contribution >= 4 is 41.2 Å². The Morgan fingerprint density at radius 2 is 1.91 bits per heavy atom. The number of benzene rings is 1. The highest BCUT2D eigenvalue weighted by molar-refractivity contribution is 7.99. The first-order valence-corrected chi connectivity index (χ1v) is 11.0. The first-order chi connectivity index (χ1) is 15.4. The zero-order valence-electron chi connectivity index (χ0n) is 18.0. The summed E-state index contributed by atoms with van der Waals surface area (Å²) in [6.07, 6.45) is 4.03. The molecular weight excluding hydrogens is 436 g/mol. The monoisotopic (exact) mass is 462 g/mol. The normalized spacial score (nSPS) is 10.3. The number of ether oxygens (including phenoxy) is 2. The molecule has 0 aliphatic rings. The Morgan fingerprint density at radius 1 is 1.12 bits per heavy atom. The molecule has 0 unspecified atom stereocenters. The van der Waals surface area contributed by atoms with Gasteiger partial charge in [0.05, 0.1) is 23.6 Å². The first kappa shape index (κ1) is 24.9. The van der Waals surface area contributed by atoms with Crippen LogP contribution in [0, 0.1) is 0 Å². The minimum absolute atomic E-state index is 0.114. The molecule has 2 N–H and O–H groups in total. The summed E-state index contributed by atoms with van der Waals surface area (Å²) in [7, 11) is 1.83. The second-order valence-corrected chi connectivity index (χ2v) is 7.48. The van der Waals surface area contributed by atoms with Crippen LogP contribution in [0.2, 0.25) is 0 Å². The van der Waals surface area contributed by atoms with Crippen molar-refractivity contribution in [3.8, 4) is 0 Å². The van der Waals surface area contributed by atoms with Gasteiger partial charge in [-0.3, -0.25) is 14.4 Å². The molecule has 1 aromatic carbocycles. The largest absolute Gasteiger partial charge is 0.466 e. The van der Waals surface area contributed by atoms with E-state index in [1.54, 1.807) is 42.1 Å². The third kappa shape index (κ3) is 8.42. The summed E-state index contributed by atoms with van der Waals surface area (Å²) >= 11 is 1.27. The number of amides is 2. The lowest BCUT2D eigenvalue weighted by atomic mass is 10.2. The summed E-state index contributed by atoms with van der Waals surface area (Å²) in [6.45, 7) is 1.82. The number of rotatable bonds is 12. The number of anilines is 1. The molecule has 0 aliphatic carbocycles. The molecule has 11 heteroatoms. The van der Waals surface area contributed by atoms with Crippen molar-refractivity contribution in [2.45, 2.75) is 24.9 Å². The van der Waals surface area contributed by atoms with E-state index in [-0.39, 0.29) is 41.8 Å². The molecule has 0 spiro atoms. The predicted octanol–water partition coefficient (Wildman–Crippen LogP) is 1.77. The van der Waals surface area contributed by atoms with E-state index in [2.05, 4.69) is 15.6 Å². The number of hydrogen-bond donors (Lipinski definition) is 2. The third-order valence-electron chi connectivity index (χ3n) is 4.05. The number of nitrogens with one attached hydrogen (secondary N) is 2. The van der Waals surface area contributed by atoms with Gasteiger partial charge in [0.2, 0.25) is 5.91 Å². The number of carbonyl (C=O) groups excluding carboxylic acids is 4. The van der Waals surface area contributed by atoms with E-state index >= 15 is 0 Å². The summed E-state index contributed by atoms with van der Waals surface area (Å²) in [4.78, 5) is 51.9. The second kappa shape index (κ2) is 13.2. The van der Waals surface area contributed by atoms with Crippen LogP contribution in [0.3, 0.4) is 0 Å². The SMILES string of the molecule is CCOC(=O)CCCNC(=O)COC(=O)c1ccccc1NC(=O)CSc1nccn1C. The molecule has 32 heavy (non-hydrogen) atoms. The summed E-state index contributed by atoms with van der Waals surface area (Å²) in [5.74, 6) is -1.75. The van der Waals surface area contributed by atoms with Gasteiger partial charge in [0, 0.05) is 32.4 Å². The summed E-state index contributed by atoms with van der Waals surface area (Å²) in [5, 5.41) is 5.94. The molecule has 2 amide bonds. The Morgan fingerprint density at radius 3 is 2.62 bits per heavy atom. The van der Waals surface area contributed by atoms with E-state index < -0.39 is 18.5 Å². The molecule has 0 radical (unpaired) electrons. The van der Waals surface area contributed by atoms with Crippen molar-refractivity contribution in [3.63, 3.8) is 0 Å². The maximum atomic E-state index is 12.4. The molecule has 172 valence electrons. The van der Waals surface area contributed by atoms with Crippen molar-refractivity contribution in [3.05, 3.63) is 42.2 Å². The highest BCUT2D eigenvalue weighted by atomic mass is 32.2.